The molecule has 2 heterocycles. The molecule has 126 valence electrons. The molecule has 0 unspecified atom stereocenters. The summed E-state index contributed by atoms with van der Waals surface area (Å²) in [6.07, 6.45) is 3.69. The predicted octanol–water partition coefficient (Wildman–Crippen LogP) is 3.93. The summed E-state index contributed by atoms with van der Waals surface area (Å²) in [5.41, 5.74) is 2.64. The number of rotatable bonds is 5. The average molecular weight is 340 g/mol. The highest BCUT2D eigenvalue weighted by Crippen LogP contribution is 2.48. The molecule has 0 saturated heterocycles. The highest BCUT2D eigenvalue weighted by molar-refractivity contribution is 7.10. The minimum atomic E-state index is 0.0552. The number of amides is 1. The van der Waals surface area contributed by atoms with Crippen molar-refractivity contribution in [2.45, 2.75) is 38.3 Å². The molecule has 2 aliphatic rings. The molecule has 4 heteroatoms. The first-order chi connectivity index (χ1) is 11.7. The van der Waals surface area contributed by atoms with Crippen LogP contribution in [0.1, 0.15) is 47.9 Å². The first-order valence-corrected chi connectivity index (χ1v) is 9.75. The number of carbonyl (C=O) groups is 1. The van der Waals surface area contributed by atoms with Crippen molar-refractivity contribution in [3.63, 3.8) is 0 Å². The van der Waals surface area contributed by atoms with Crippen molar-refractivity contribution in [3.8, 4) is 0 Å². The zero-order chi connectivity index (χ0) is 16.5. The van der Waals surface area contributed by atoms with Crippen molar-refractivity contribution in [3.05, 3.63) is 57.8 Å². The van der Waals surface area contributed by atoms with Gasteiger partial charge in [0.1, 0.15) is 0 Å². The first kappa shape index (κ1) is 15.9. The number of hydrogen-bond donors (Lipinski definition) is 1. The van der Waals surface area contributed by atoms with E-state index in [9.17, 15) is 4.79 Å². The average Bonchev–Trinajstić information content (AvgIpc) is 3.31. The molecule has 1 aromatic carbocycles. The van der Waals surface area contributed by atoms with E-state index in [-0.39, 0.29) is 11.9 Å². The van der Waals surface area contributed by atoms with Crippen LogP contribution in [-0.2, 0) is 11.2 Å². The van der Waals surface area contributed by atoms with Crippen LogP contribution in [0.5, 0.6) is 0 Å². The minimum Gasteiger partial charge on any atom is -0.348 e. The van der Waals surface area contributed by atoms with Crippen molar-refractivity contribution in [2.75, 3.05) is 13.1 Å². The fraction of sp³-hybridized carbons (Fsp3) is 0.450. The monoisotopic (exact) mass is 340 g/mol. The Hall–Kier alpha value is -1.65. The highest BCUT2D eigenvalue weighted by atomic mass is 32.1. The predicted molar refractivity (Wildman–Crippen MR) is 98.1 cm³/mol. The molecule has 2 atom stereocenters. The van der Waals surface area contributed by atoms with Crippen molar-refractivity contribution in [2.24, 2.45) is 5.92 Å². The van der Waals surface area contributed by atoms with Gasteiger partial charge in [-0.25, -0.2) is 0 Å². The Morgan fingerprint density at radius 1 is 1.29 bits per heavy atom. The maximum Gasteiger partial charge on any atom is 0.234 e. The van der Waals surface area contributed by atoms with Gasteiger partial charge in [-0.15, -0.1) is 11.3 Å². The number of thiophene rings is 1. The first-order valence-electron chi connectivity index (χ1n) is 8.87. The zero-order valence-corrected chi connectivity index (χ0v) is 14.9. The highest BCUT2D eigenvalue weighted by Gasteiger charge is 2.40. The van der Waals surface area contributed by atoms with E-state index in [0.29, 0.717) is 12.6 Å². The van der Waals surface area contributed by atoms with Crippen LogP contribution in [0, 0.1) is 5.92 Å². The van der Waals surface area contributed by atoms with Crippen molar-refractivity contribution >= 4 is 17.2 Å². The lowest BCUT2D eigenvalue weighted by Crippen LogP contribution is -2.43. The van der Waals surface area contributed by atoms with Crippen molar-refractivity contribution < 1.29 is 4.79 Å². The Labute approximate surface area is 147 Å². The van der Waals surface area contributed by atoms with Crippen LogP contribution >= 0.6 is 11.3 Å². The topological polar surface area (TPSA) is 32.3 Å². The zero-order valence-electron chi connectivity index (χ0n) is 14.1. The number of nitrogens with zero attached hydrogens (tertiary/aromatic N) is 1. The fourth-order valence-electron chi connectivity index (χ4n) is 3.84. The van der Waals surface area contributed by atoms with Gasteiger partial charge in [-0.3, -0.25) is 9.69 Å². The molecule has 0 spiro atoms. The summed E-state index contributed by atoms with van der Waals surface area (Å²) < 4.78 is 0. The molecule has 1 aliphatic carbocycles. The normalized spacial score (nSPS) is 22.0. The van der Waals surface area contributed by atoms with Gasteiger partial charge in [-0.2, -0.15) is 0 Å². The molecule has 3 nitrogen and oxygen atoms in total. The van der Waals surface area contributed by atoms with Gasteiger partial charge in [0, 0.05) is 17.5 Å². The molecule has 1 amide bonds. The van der Waals surface area contributed by atoms with E-state index < -0.39 is 0 Å². The van der Waals surface area contributed by atoms with Crippen LogP contribution < -0.4 is 5.32 Å². The van der Waals surface area contributed by atoms with E-state index in [1.807, 2.05) is 29.5 Å². The lowest BCUT2D eigenvalue weighted by atomic mass is 9.96. The fourth-order valence-corrected chi connectivity index (χ4v) is 4.75. The van der Waals surface area contributed by atoms with E-state index >= 15 is 0 Å². The van der Waals surface area contributed by atoms with Crippen LogP contribution in [0.4, 0.5) is 0 Å². The van der Waals surface area contributed by atoms with E-state index in [2.05, 4.69) is 40.7 Å². The van der Waals surface area contributed by atoms with Gasteiger partial charge >= 0.3 is 0 Å². The molecular formula is C20H24N2OS. The Morgan fingerprint density at radius 3 is 2.83 bits per heavy atom. The molecular weight excluding hydrogens is 316 g/mol. The molecule has 1 fully saturated rings. The second-order valence-corrected chi connectivity index (χ2v) is 8.00. The third-order valence-corrected chi connectivity index (χ3v) is 6.21. The quantitative estimate of drug-likeness (QED) is 0.894. The molecule has 1 aliphatic heterocycles. The SMILES string of the molecule is C[C@@H](NC(=O)CN1CCc2sccc2[C@@H]1C1CC1)c1ccccc1. The molecule has 0 radical (unpaired) electrons. The lowest BCUT2D eigenvalue weighted by Gasteiger charge is -2.36. The number of hydrogen-bond acceptors (Lipinski definition) is 3. The van der Waals surface area contributed by atoms with Gasteiger partial charge in [0.25, 0.3) is 0 Å². The summed E-state index contributed by atoms with van der Waals surface area (Å²) in [5.74, 6) is 0.883. The van der Waals surface area contributed by atoms with Crippen LogP contribution in [0.25, 0.3) is 0 Å². The molecule has 1 saturated carbocycles. The van der Waals surface area contributed by atoms with Crippen LogP contribution in [0.3, 0.4) is 0 Å². The summed E-state index contributed by atoms with van der Waals surface area (Å²) in [6, 6.07) is 13.0. The second-order valence-electron chi connectivity index (χ2n) is 7.00. The largest absolute Gasteiger partial charge is 0.348 e. The van der Waals surface area contributed by atoms with Crippen molar-refractivity contribution in [1.29, 1.82) is 0 Å². The van der Waals surface area contributed by atoms with Gasteiger partial charge < -0.3 is 5.32 Å². The molecule has 4 rings (SSSR count). The van der Waals surface area contributed by atoms with E-state index in [1.54, 1.807) is 0 Å². The lowest BCUT2D eigenvalue weighted by molar-refractivity contribution is -0.123. The van der Waals surface area contributed by atoms with Crippen LogP contribution in [0.15, 0.2) is 41.8 Å². The van der Waals surface area contributed by atoms with Gasteiger partial charge in [0.2, 0.25) is 5.91 Å². The number of benzene rings is 1. The van der Waals surface area contributed by atoms with Crippen LogP contribution in [-0.4, -0.2) is 23.9 Å². The second kappa shape index (κ2) is 6.69. The van der Waals surface area contributed by atoms with E-state index in [1.165, 1.54) is 23.3 Å². The van der Waals surface area contributed by atoms with Gasteiger partial charge in [-0.1, -0.05) is 30.3 Å². The Kier molecular flexibility index (Phi) is 4.42. The molecule has 1 N–H and O–H groups in total. The number of nitrogens with one attached hydrogen (secondary N) is 1. The summed E-state index contributed by atoms with van der Waals surface area (Å²) in [6.45, 7) is 3.56. The Morgan fingerprint density at radius 2 is 2.08 bits per heavy atom. The maximum absolute atomic E-state index is 12.6. The van der Waals surface area contributed by atoms with Crippen molar-refractivity contribution in [1.82, 2.24) is 10.2 Å². The molecule has 2 aromatic rings. The van der Waals surface area contributed by atoms with E-state index in [0.717, 1.165) is 24.4 Å². The maximum atomic E-state index is 12.6. The number of carbonyl (C=O) groups excluding carboxylic acids is 1. The molecule has 1 aromatic heterocycles. The molecule has 0 bridgehead atoms. The third kappa shape index (κ3) is 3.26. The van der Waals surface area contributed by atoms with Crippen LogP contribution in [0.2, 0.25) is 0 Å². The third-order valence-electron chi connectivity index (χ3n) is 5.21. The standard InChI is InChI=1S/C20H24N2OS/c1-14(15-5-3-2-4-6-15)21-19(23)13-22-11-9-18-17(10-12-24-18)20(22)16-7-8-16/h2-6,10,12,14,16,20H,7-9,11,13H2,1H3,(H,21,23)/t14-,20+/m1/s1. The summed E-state index contributed by atoms with van der Waals surface area (Å²) in [5, 5.41) is 5.37. The summed E-state index contributed by atoms with van der Waals surface area (Å²) >= 11 is 1.88. The Balaban J connectivity index is 1.42. The van der Waals surface area contributed by atoms with E-state index in [4.69, 9.17) is 0 Å². The molecule has 24 heavy (non-hydrogen) atoms. The van der Waals surface area contributed by atoms with Gasteiger partial charge in [-0.05, 0) is 54.7 Å². The summed E-state index contributed by atoms with van der Waals surface area (Å²) in [4.78, 5) is 16.5. The Bertz CT molecular complexity index is 707. The smallest absolute Gasteiger partial charge is 0.234 e. The van der Waals surface area contributed by atoms with Gasteiger partial charge in [0.15, 0.2) is 0 Å². The summed E-state index contributed by atoms with van der Waals surface area (Å²) in [7, 11) is 0. The number of fused-ring (bicyclic) bond motifs is 1. The minimum absolute atomic E-state index is 0.0552. The van der Waals surface area contributed by atoms with Gasteiger partial charge in [0.05, 0.1) is 12.6 Å².